The van der Waals surface area contributed by atoms with Crippen molar-refractivity contribution in [3.05, 3.63) is 41.2 Å². The number of hydrogen-bond acceptors (Lipinski definition) is 7. The fourth-order valence-corrected chi connectivity index (χ4v) is 3.63. The molecule has 12 heteroatoms. The monoisotopic (exact) mass is 519 g/mol. The Morgan fingerprint density at radius 3 is 2.09 bits per heavy atom. The van der Waals surface area contributed by atoms with Gasteiger partial charge in [-0.05, 0) is 36.0 Å². The van der Waals surface area contributed by atoms with Crippen LogP contribution in [-0.4, -0.2) is 61.4 Å². The SMILES string of the molecule is CCC(C)(C)/C=C/C(C)(CC)c1cc(CNCCS(=O)(=O)O)nc(C(=O)NCCS(=O)(=O)O)c1. The van der Waals surface area contributed by atoms with Gasteiger partial charge >= 0.3 is 0 Å². The van der Waals surface area contributed by atoms with E-state index in [9.17, 15) is 21.6 Å². The van der Waals surface area contributed by atoms with Crippen molar-refractivity contribution >= 4 is 26.1 Å². The number of aromatic nitrogens is 1. The van der Waals surface area contributed by atoms with E-state index in [4.69, 9.17) is 9.11 Å². The Morgan fingerprint density at radius 1 is 0.971 bits per heavy atom. The van der Waals surface area contributed by atoms with E-state index >= 15 is 0 Å². The highest BCUT2D eigenvalue weighted by molar-refractivity contribution is 7.86. The zero-order valence-corrected chi connectivity index (χ0v) is 22.1. The second-order valence-electron chi connectivity index (χ2n) is 9.18. The quantitative estimate of drug-likeness (QED) is 0.164. The number of allylic oxidation sites excluding steroid dienone is 2. The predicted molar refractivity (Wildman–Crippen MR) is 132 cm³/mol. The van der Waals surface area contributed by atoms with Crippen LogP contribution in [0.3, 0.4) is 0 Å². The van der Waals surface area contributed by atoms with Crippen LogP contribution >= 0.6 is 0 Å². The van der Waals surface area contributed by atoms with Crippen LogP contribution < -0.4 is 10.6 Å². The van der Waals surface area contributed by atoms with Gasteiger partial charge in [-0.1, -0.05) is 46.8 Å². The molecule has 1 aromatic rings. The molecule has 0 aliphatic heterocycles. The van der Waals surface area contributed by atoms with E-state index in [1.807, 2.05) is 19.9 Å². The van der Waals surface area contributed by atoms with Gasteiger partial charge in [-0.15, -0.1) is 0 Å². The Bertz CT molecular complexity index is 1080. The lowest BCUT2D eigenvalue weighted by Crippen LogP contribution is -2.31. The van der Waals surface area contributed by atoms with Crippen molar-refractivity contribution in [2.45, 2.75) is 59.4 Å². The lowest BCUT2D eigenvalue weighted by atomic mass is 9.77. The van der Waals surface area contributed by atoms with Crippen molar-refractivity contribution < 1.29 is 30.7 Å². The van der Waals surface area contributed by atoms with Crippen molar-refractivity contribution in [1.82, 2.24) is 15.6 Å². The maximum absolute atomic E-state index is 12.7. The van der Waals surface area contributed by atoms with E-state index in [-0.39, 0.29) is 30.7 Å². The van der Waals surface area contributed by atoms with Crippen LogP contribution in [-0.2, 0) is 32.2 Å². The minimum atomic E-state index is -4.22. The van der Waals surface area contributed by atoms with Crippen molar-refractivity contribution in [3.8, 4) is 0 Å². The molecule has 0 saturated heterocycles. The van der Waals surface area contributed by atoms with Crippen LogP contribution in [0.1, 0.15) is 69.2 Å². The van der Waals surface area contributed by atoms with E-state index in [1.165, 1.54) is 0 Å². The van der Waals surface area contributed by atoms with Gasteiger partial charge in [0, 0.05) is 25.0 Å². The number of hydrogen-bond donors (Lipinski definition) is 4. The van der Waals surface area contributed by atoms with E-state index in [0.29, 0.717) is 5.69 Å². The molecule has 0 spiro atoms. The average Bonchev–Trinajstić information content (AvgIpc) is 2.73. The molecule has 1 rings (SSSR count). The standard InChI is InChI=1S/C22H37N3O7S2/c1-6-21(3,4)8-9-22(5,7-2)17-14-18(16-23-10-12-33(27,28)29)25-19(15-17)20(26)24-11-13-34(30,31)32/h8-9,14-15,23H,6-7,10-13,16H2,1-5H3,(H,24,26)(H,27,28,29)(H,30,31,32)/b9-8+. The highest BCUT2D eigenvalue weighted by Gasteiger charge is 2.25. The minimum Gasteiger partial charge on any atom is -0.350 e. The molecule has 0 aromatic carbocycles. The molecule has 34 heavy (non-hydrogen) atoms. The second-order valence-corrected chi connectivity index (χ2v) is 12.3. The van der Waals surface area contributed by atoms with Crippen LogP contribution in [0.5, 0.6) is 0 Å². The molecule has 0 bridgehead atoms. The fraction of sp³-hybridized carbons (Fsp3) is 0.636. The molecule has 0 aliphatic rings. The van der Waals surface area contributed by atoms with Gasteiger partial charge < -0.3 is 10.6 Å². The largest absolute Gasteiger partial charge is 0.350 e. The summed E-state index contributed by atoms with van der Waals surface area (Å²) >= 11 is 0. The van der Waals surface area contributed by atoms with Crippen molar-refractivity contribution in [2.75, 3.05) is 24.6 Å². The van der Waals surface area contributed by atoms with Gasteiger partial charge in [0.05, 0.1) is 17.2 Å². The van der Waals surface area contributed by atoms with Crippen molar-refractivity contribution in [1.29, 1.82) is 0 Å². The number of pyridine rings is 1. The summed E-state index contributed by atoms with van der Waals surface area (Å²) < 4.78 is 61.5. The molecule has 4 N–H and O–H groups in total. The Kier molecular flexibility index (Phi) is 10.8. The number of nitrogens with one attached hydrogen (secondary N) is 2. The summed E-state index contributed by atoms with van der Waals surface area (Å²) in [6.07, 6.45) is 5.94. The summed E-state index contributed by atoms with van der Waals surface area (Å²) in [6, 6.07) is 3.49. The molecular formula is C22H37N3O7S2. The Labute approximate surface area is 203 Å². The number of nitrogens with zero attached hydrogens (tertiary/aromatic N) is 1. The van der Waals surface area contributed by atoms with Crippen LogP contribution in [0.2, 0.25) is 0 Å². The van der Waals surface area contributed by atoms with Gasteiger partial charge in [0.1, 0.15) is 5.69 Å². The van der Waals surface area contributed by atoms with Crippen LogP contribution in [0.4, 0.5) is 0 Å². The normalized spacial score (nSPS) is 14.8. The molecule has 1 unspecified atom stereocenters. The first kappa shape index (κ1) is 30.2. The van der Waals surface area contributed by atoms with Crippen molar-refractivity contribution in [2.24, 2.45) is 5.41 Å². The molecule has 1 amide bonds. The van der Waals surface area contributed by atoms with Crippen LogP contribution in [0.25, 0.3) is 0 Å². The van der Waals surface area contributed by atoms with E-state index in [0.717, 1.165) is 18.4 Å². The molecule has 0 aliphatic carbocycles. The maximum atomic E-state index is 12.7. The molecule has 1 heterocycles. The molecule has 0 fully saturated rings. The summed E-state index contributed by atoms with van der Waals surface area (Å²) in [4.78, 5) is 17.0. The van der Waals surface area contributed by atoms with Gasteiger partial charge in [0.2, 0.25) is 0 Å². The zero-order valence-electron chi connectivity index (χ0n) is 20.5. The molecule has 1 atom stereocenters. The first-order valence-electron chi connectivity index (χ1n) is 11.1. The maximum Gasteiger partial charge on any atom is 0.269 e. The molecule has 0 saturated carbocycles. The third-order valence-electron chi connectivity index (χ3n) is 5.81. The lowest BCUT2D eigenvalue weighted by molar-refractivity contribution is 0.0950. The lowest BCUT2D eigenvalue weighted by Gasteiger charge is -2.28. The van der Waals surface area contributed by atoms with Gasteiger partial charge in [0.25, 0.3) is 26.1 Å². The number of rotatable bonds is 14. The van der Waals surface area contributed by atoms with E-state index in [1.54, 1.807) is 6.07 Å². The topological polar surface area (TPSA) is 163 Å². The summed E-state index contributed by atoms with van der Waals surface area (Å²) in [5.41, 5.74) is 0.930. The Balaban J connectivity index is 3.29. The molecule has 1 aromatic heterocycles. The summed E-state index contributed by atoms with van der Waals surface area (Å²) in [5, 5.41) is 5.33. The third-order valence-corrected chi connectivity index (χ3v) is 7.25. The first-order valence-corrected chi connectivity index (χ1v) is 14.3. The highest BCUT2D eigenvalue weighted by Crippen LogP contribution is 2.33. The van der Waals surface area contributed by atoms with Gasteiger partial charge in [-0.2, -0.15) is 16.8 Å². The third kappa shape index (κ3) is 11.0. The Morgan fingerprint density at radius 2 is 1.56 bits per heavy atom. The van der Waals surface area contributed by atoms with Gasteiger partial charge in [0.15, 0.2) is 0 Å². The molecule has 10 nitrogen and oxygen atoms in total. The molecule has 194 valence electrons. The zero-order chi connectivity index (χ0) is 26.2. The predicted octanol–water partition coefficient (Wildman–Crippen LogP) is 2.34. The fourth-order valence-electron chi connectivity index (χ4n) is 2.87. The highest BCUT2D eigenvalue weighted by atomic mass is 32.2. The first-order chi connectivity index (χ1) is 15.5. The Hall–Kier alpha value is -1.86. The van der Waals surface area contributed by atoms with Gasteiger partial charge in [-0.3, -0.25) is 13.9 Å². The molecular weight excluding hydrogens is 482 g/mol. The average molecular weight is 520 g/mol. The number of carbonyl (C=O) groups excluding carboxylic acids is 1. The van der Waals surface area contributed by atoms with Crippen molar-refractivity contribution in [3.63, 3.8) is 0 Å². The summed E-state index contributed by atoms with van der Waals surface area (Å²) in [7, 11) is -8.33. The number of amides is 1. The van der Waals surface area contributed by atoms with E-state index in [2.05, 4.69) is 48.5 Å². The number of carbonyl (C=O) groups is 1. The van der Waals surface area contributed by atoms with Crippen LogP contribution in [0.15, 0.2) is 24.3 Å². The summed E-state index contributed by atoms with van der Waals surface area (Å²) in [5.74, 6) is -1.68. The van der Waals surface area contributed by atoms with E-state index < -0.39 is 43.1 Å². The smallest absolute Gasteiger partial charge is 0.269 e. The second kappa shape index (κ2) is 12.2. The summed E-state index contributed by atoms with van der Waals surface area (Å²) in [6.45, 7) is 10.3. The minimum absolute atomic E-state index is 0.00370. The van der Waals surface area contributed by atoms with Gasteiger partial charge in [-0.25, -0.2) is 4.98 Å². The molecule has 0 radical (unpaired) electrons. The van der Waals surface area contributed by atoms with Crippen LogP contribution in [0, 0.1) is 5.41 Å².